The normalized spacial score (nSPS) is 23.1. The van der Waals surface area contributed by atoms with Crippen LogP contribution in [0.4, 0.5) is 0 Å². The van der Waals surface area contributed by atoms with Gasteiger partial charge < -0.3 is 5.73 Å². The molecule has 2 N–H and O–H groups in total. The number of carbonyl (C=O) groups excluding carboxylic acids is 1. The highest BCUT2D eigenvalue weighted by Gasteiger charge is 2.54. The van der Waals surface area contributed by atoms with Crippen LogP contribution < -0.4 is 5.73 Å². The molecular weight excluding hydrogens is 336 g/mol. The number of hydrogen-bond donors (Lipinski definition) is 1. The van der Waals surface area contributed by atoms with Crippen molar-refractivity contribution in [3.63, 3.8) is 0 Å². The molecule has 0 aromatic heterocycles. The van der Waals surface area contributed by atoms with E-state index in [-0.39, 0.29) is 17.3 Å². The predicted octanol–water partition coefficient (Wildman–Crippen LogP) is 3.18. The van der Waals surface area contributed by atoms with Crippen LogP contribution in [0, 0.1) is 16.7 Å². The molecular formula is C22H22N4O. The van der Waals surface area contributed by atoms with E-state index in [1.165, 1.54) is 4.90 Å². The Morgan fingerprint density at radius 1 is 1.19 bits per heavy atom. The molecule has 0 saturated carbocycles. The molecule has 1 spiro atoms. The Morgan fingerprint density at radius 3 is 2.59 bits per heavy atom. The summed E-state index contributed by atoms with van der Waals surface area (Å²) in [5.41, 5.74) is 9.61. The summed E-state index contributed by atoms with van der Waals surface area (Å²) in [6.07, 6.45) is 1.51. The lowest BCUT2D eigenvalue weighted by atomic mass is 9.65. The minimum Gasteiger partial charge on any atom is -0.369 e. The second-order valence-corrected chi connectivity index (χ2v) is 8.28. The zero-order chi connectivity index (χ0) is 19.4. The number of nitrogens with two attached hydrogens (primary N) is 1. The summed E-state index contributed by atoms with van der Waals surface area (Å²) in [6.45, 7) is 4.33. The number of carbonyl (C=O) groups is 1. The van der Waals surface area contributed by atoms with E-state index >= 15 is 0 Å². The minimum atomic E-state index is -0.960. The van der Waals surface area contributed by atoms with Gasteiger partial charge in [0.1, 0.15) is 0 Å². The third-order valence-corrected chi connectivity index (χ3v) is 5.59. The van der Waals surface area contributed by atoms with Crippen molar-refractivity contribution in [1.82, 2.24) is 4.90 Å². The van der Waals surface area contributed by atoms with Gasteiger partial charge in [0.25, 0.3) is 5.91 Å². The van der Waals surface area contributed by atoms with Gasteiger partial charge in [-0.15, -0.1) is 0 Å². The lowest BCUT2D eigenvalue weighted by molar-refractivity contribution is -0.132. The SMILES string of the molecule is CN1C(=O)[C@@]2(CC(C)(C)Cc3ccc(-c4cccc(C#N)c4)cc32)N=C1N. The molecule has 5 nitrogen and oxygen atoms in total. The Balaban J connectivity index is 1.92. The first-order valence-electron chi connectivity index (χ1n) is 9.03. The Hall–Kier alpha value is -3.13. The van der Waals surface area contributed by atoms with Crippen molar-refractivity contribution in [2.45, 2.75) is 32.2 Å². The highest BCUT2D eigenvalue weighted by Crippen LogP contribution is 2.50. The number of guanidine groups is 1. The van der Waals surface area contributed by atoms with Crippen molar-refractivity contribution in [2.75, 3.05) is 7.05 Å². The van der Waals surface area contributed by atoms with Gasteiger partial charge >= 0.3 is 0 Å². The number of likely N-dealkylation sites (N-methyl/N-ethyl adjacent to an activating group) is 1. The maximum atomic E-state index is 13.2. The summed E-state index contributed by atoms with van der Waals surface area (Å²) in [5.74, 6) is 0.192. The number of nitriles is 1. The fraction of sp³-hybridized carbons (Fsp3) is 0.318. The molecule has 0 unspecified atom stereocenters. The van der Waals surface area contributed by atoms with Gasteiger partial charge in [-0.25, -0.2) is 4.99 Å². The van der Waals surface area contributed by atoms with Crippen molar-refractivity contribution >= 4 is 11.9 Å². The minimum absolute atomic E-state index is 0.0557. The zero-order valence-corrected chi connectivity index (χ0v) is 15.8. The summed E-state index contributed by atoms with van der Waals surface area (Å²) in [7, 11) is 1.68. The first kappa shape index (κ1) is 17.3. The van der Waals surface area contributed by atoms with Crippen LogP contribution in [0.1, 0.15) is 37.0 Å². The number of rotatable bonds is 1. The van der Waals surface area contributed by atoms with E-state index in [1.807, 2.05) is 18.2 Å². The zero-order valence-electron chi connectivity index (χ0n) is 15.8. The molecule has 0 fully saturated rings. The van der Waals surface area contributed by atoms with Crippen LogP contribution in [0.3, 0.4) is 0 Å². The molecule has 0 saturated heterocycles. The standard InChI is InChI=1S/C22H22N4O/c1-21(2)11-17-8-7-16(15-6-4-5-14(9-15)12-23)10-18(17)22(13-21)19(27)26(3)20(24)25-22/h4-10H,11,13H2,1-3H3,(H2,24,25)/t22-/m0/s1. The van der Waals surface area contributed by atoms with Gasteiger partial charge in [0, 0.05) is 7.05 Å². The Bertz CT molecular complexity index is 1030. The van der Waals surface area contributed by atoms with Crippen LogP contribution in [0.2, 0.25) is 0 Å². The average Bonchev–Trinajstić information content (AvgIpc) is 2.85. The van der Waals surface area contributed by atoms with Crippen molar-refractivity contribution in [3.8, 4) is 17.2 Å². The topological polar surface area (TPSA) is 82.5 Å². The van der Waals surface area contributed by atoms with Crippen LogP contribution in [-0.4, -0.2) is 23.8 Å². The predicted molar refractivity (Wildman–Crippen MR) is 105 cm³/mol. The number of benzene rings is 2. The largest absolute Gasteiger partial charge is 0.369 e. The molecule has 27 heavy (non-hydrogen) atoms. The van der Waals surface area contributed by atoms with Crippen LogP contribution in [0.5, 0.6) is 0 Å². The van der Waals surface area contributed by atoms with E-state index in [9.17, 15) is 10.1 Å². The van der Waals surface area contributed by atoms with Gasteiger partial charge in [0.05, 0.1) is 11.6 Å². The smallest absolute Gasteiger partial charge is 0.261 e. The first-order valence-corrected chi connectivity index (χ1v) is 9.03. The molecule has 1 atom stereocenters. The van der Waals surface area contributed by atoms with Crippen LogP contribution >= 0.6 is 0 Å². The molecule has 0 bridgehead atoms. The second kappa shape index (κ2) is 5.68. The summed E-state index contributed by atoms with van der Waals surface area (Å²) in [5, 5.41) is 9.19. The van der Waals surface area contributed by atoms with Gasteiger partial charge in [-0.3, -0.25) is 9.69 Å². The number of aliphatic imine (C=N–C) groups is 1. The third kappa shape index (κ3) is 2.60. The molecule has 4 rings (SSSR count). The molecule has 1 heterocycles. The number of hydrogen-bond acceptors (Lipinski definition) is 4. The van der Waals surface area contributed by atoms with E-state index in [0.29, 0.717) is 12.0 Å². The van der Waals surface area contributed by atoms with Gasteiger partial charge in [-0.1, -0.05) is 38.1 Å². The average molecular weight is 358 g/mol. The number of nitrogens with zero attached hydrogens (tertiary/aromatic N) is 3. The molecule has 5 heteroatoms. The van der Waals surface area contributed by atoms with E-state index in [0.717, 1.165) is 28.7 Å². The molecule has 0 radical (unpaired) electrons. The highest BCUT2D eigenvalue weighted by molar-refractivity contribution is 6.07. The molecule has 1 aliphatic carbocycles. The van der Waals surface area contributed by atoms with Gasteiger partial charge in [-0.2, -0.15) is 5.26 Å². The quantitative estimate of drug-likeness (QED) is 0.850. The molecule has 2 aliphatic rings. The lowest BCUT2D eigenvalue weighted by Gasteiger charge is -2.41. The Morgan fingerprint density at radius 2 is 1.93 bits per heavy atom. The monoisotopic (exact) mass is 358 g/mol. The summed E-state index contributed by atoms with van der Waals surface area (Å²) in [6, 6.07) is 15.9. The molecule has 2 aromatic rings. The van der Waals surface area contributed by atoms with Gasteiger partial charge in [0.2, 0.25) is 0 Å². The Kier molecular flexibility index (Phi) is 3.64. The fourth-order valence-corrected chi connectivity index (χ4v) is 4.42. The first-order chi connectivity index (χ1) is 12.8. The molecule has 1 amide bonds. The van der Waals surface area contributed by atoms with E-state index in [4.69, 9.17) is 5.73 Å². The van der Waals surface area contributed by atoms with Crippen molar-refractivity contribution in [3.05, 3.63) is 59.2 Å². The second-order valence-electron chi connectivity index (χ2n) is 8.28. The molecule has 136 valence electrons. The van der Waals surface area contributed by atoms with Crippen LogP contribution in [0.25, 0.3) is 11.1 Å². The summed E-state index contributed by atoms with van der Waals surface area (Å²) in [4.78, 5) is 19.3. The summed E-state index contributed by atoms with van der Waals surface area (Å²) >= 11 is 0. The summed E-state index contributed by atoms with van der Waals surface area (Å²) < 4.78 is 0. The number of amides is 1. The molecule has 1 aliphatic heterocycles. The number of fused-ring (bicyclic) bond motifs is 2. The van der Waals surface area contributed by atoms with Crippen molar-refractivity contribution < 1.29 is 4.79 Å². The molecule has 2 aromatic carbocycles. The maximum absolute atomic E-state index is 13.2. The lowest BCUT2D eigenvalue weighted by Crippen LogP contribution is -2.46. The van der Waals surface area contributed by atoms with Gasteiger partial charge in [0.15, 0.2) is 11.5 Å². The van der Waals surface area contributed by atoms with Crippen molar-refractivity contribution in [1.29, 1.82) is 5.26 Å². The van der Waals surface area contributed by atoms with E-state index < -0.39 is 5.54 Å². The van der Waals surface area contributed by atoms with E-state index in [2.05, 4.69) is 43.1 Å². The maximum Gasteiger partial charge on any atom is 0.261 e. The van der Waals surface area contributed by atoms with Gasteiger partial charge in [-0.05, 0) is 58.7 Å². The van der Waals surface area contributed by atoms with Crippen LogP contribution in [0.15, 0.2) is 47.5 Å². The third-order valence-electron chi connectivity index (χ3n) is 5.59. The van der Waals surface area contributed by atoms with Crippen LogP contribution in [-0.2, 0) is 16.8 Å². The van der Waals surface area contributed by atoms with E-state index in [1.54, 1.807) is 13.1 Å². The fourth-order valence-electron chi connectivity index (χ4n) is 4.42. The Labute approximate surface area is 159 Å². The highest BCUT2D eigenvalue weighted by atomic mass is 16.2. The van der Waals surface area contributed by atoms with Crippen molar-refractivity contribution in [2.24, 2.45) is 16.1 Å².